The van der Waals surface area contributed by atoms with Crippen molar-refractivity contribution >= 4 is 23.2 Å². The molecule has 28 heavy (non-hydrogen) atoms. The molecule has 9 heteroatoms. The third kappa shape index (κ3) is 4.41. The molecule has 0 bridgehead atoms. The Balaban J connectivity index is 1.75. The standard InChI is InChI=1S/C19H19F3N4O2/c1-13(27)25-6-8-26(9-7-25)18(28)14-10-15(12-23-11-14)24-17-5-3-2-4-16(17)19(20,21)22/h2-5,10-12,24H,6-9H2,1H3. The molecule has 1 aromatic carbocycles. The molecule has 2 amide bonds. The first kappa shape index (κ1) is 19.7. The predicted molar refractivity (Wildman–Crippen MR) is 97.1 cm³/mol. The summed E-state index contributed by atoms with van der Waals surface area (Å²) in [5, 5.41) is 2.69. The number of benzene rings is 1. The summed E-state index contributed by atoms with van der Waals surface area (Å²) in [6, 6.07) is 6.58. The van der Waals surface area contributed by atoms with Gasteiger partial charge >= 0.3 is 6.18 Å². The first-order valence-corrected chi connectivity index (χ1v) is 8.69. The number of alkyl halides is 3. The minimum absolute atomic E-state index is 0.0386. The summed E-state index contributed by atoms with van der Waals surface area (Å²) in [6.07, 6.45) is -1.76. The smallest absolute Gasteiger partial charge is 0.354 e. The van der Waals surface area contributed by atoms with Crippen molar-refractivity contribution in [2.24, 2.45) is 0 Å². The Labute approximate surface area is 160 Å². The van der Waals surface area contributed by atoms with Crippen LogP contribution in [-0.4, -0.2) is 52.8 Å². The van der Waals surface area contributed by atoms with Gasteiger partial charge in [-0.15, -0.1) is 0 Å². The van der Waals surface area contributed by atoms with E-state index in [-0.39, 0.29) is 28.8 Å². The van der Waals surface area contributed by atoms with Crippen molar-refractivity contribution in [3.63, 3.8) is 0 Å². The van der Waals surface area contributed by atoms with Crippen LogP contribution in [0.15, 0.2) is 42.7 Å². The van der Waals surface area contributed by atoms with E-state index in [2.05, 4.69) is 10.3 Å². The molecule has 148 valence electrons. The number of halogens is 3. The SMILES string of the molecule is CC(=O)N1CCN(C(=O)c2cncc(Nc3ccccc3C(F)(F)F)c2)CC1. The lowest BCUT2D eigenvalue weighted by Crippen LogP contribution is -2.50. The van der Waals surface area contributed by atoms with E-state index in [4.69, 9.17) is 0 Å². The molecule has 6 nitrogen and oxygen atoms in total. The van der Waals surface area contributed by atoms with E-state index in [1.165, 1.54) is 43.6 Å². The second-order valence-corrected chi connectivity index (χ2v) is 6.43. The Morgan fingerprint density at radius 2 is 1.68 bits per heavy atom. The minimum Gasteiger partial charge on any atom is -0.354 e. The third-order valence-electron chi connectivity index (χ3n) is 4.51. The highest BCUT2D eigenvalue weighted by atomic mass is 19.4. The number of nitrogens with zero attached hydrogens (tertiary/aromatic N) is 3. The zero-order valence-electron chi connectivity index (χ0n) is 15.2. The highest BCUT2D eigenvalue weighted by Crippen LogP contribution is 2.35. The van der Waals surface area contributed by atoms with Crippen molar-refractivity contribution < 1.29 is 22.8 Å². The number of hydrogen-bond donors (Lipinski definition) is 1. The van der Waals surface area contributed by atoms with Gasteiger partial charge in [0.2, 0.25) is 5.91 Å². The highest BCUT2D eigenvalue weighted by Gasteiger charge is 2.33. The van der Waals surface area contributed by atoms with Crippen LogP contribution < -0.4 is 5.32 Å². The maximum atomic E-state index is 13.1. The Morgan fingerprint density at radius 1 is 1.04 bits per heavy atom. The average molecular weight is 392 g/mol. The number of amides is 2. The van der Waals surface area contributed by atoms with Crippen molar-refractivity contribution in [3.8, 4) is 0 Å². The average Bonchev–Trinajstić information content (AvgIpc) is 2.67. The topological polar surface area (TPSA) is 65.5 Å². The van der Waals surface area contributed by atoms with Gasteiger partial charge in [0.15, 0.2) is 0 Å². The van der Waals surface area contributed by atoms with E-state index in [1.807, 2.05) is 0 Å². The quantitative estimate of drug-likeness (QED) is 0.872. The number of piperazine rings is 1. The van der Waals surface area contributed by atoms with Gasteiger partial charge in [-0.1, -0.05) is 12.1 Å². The van der Waals surface area contributed by atoms with E-state index in [1.54, 1.807) is 9.80 Å². The lowest BCUT2D eigenvalue weighted by atomic mass is 10.1. The molecule has 0 aliphatic carbocycles. The van der Waals surface area contributed by atoms with Crippen LogP contribution >= 0.6 is 0 Å². The van der Waals surface area contributed by atoms with Crippen LogP contribution in [0.3, 0.4) is 0 Å². The van der Waals surface area contributed by atoms with Crippen LogP contribution in [0.4, 0.5) is 24.5 Å². The first-order chi connectivity index (χ1) is 13.3. The number of pyridine rings is 1. The molecule has 0 unspecified atom stereocenters. The molecule has 1 aliphatic heterocycles. The maximum absolute atomic E-state index is 13.1. The van der Waals surface area contributed by atoms with Gasteiger partial charge in [0.05, 0.1) is 28.7 Å². The van der Waals surface area contributed by atoms with Crippen LogP contribution in [0.5, 0.6) is 0 Å². The van der Waals surface area contributed by atoms with Crippen LogP contribution in [0.25, 0.3) is 0 Å². The van der Waals surface area contributed by atoms with Gasteiger partial charge in [-0.2, -0.15) is 13.2 Å². The number of anilines is 2. The van der Waals surface area contributed by atoms with Crippen molar-refractivity contribution in [1.82, 2.24) is 14.8 Å². The van der Waals surface area contributed by atoms with E-state index in [0.717, 1.165) is 6.07 Å². The Morgan fingerprint density at radius 3 is 2.32 bits per heavy atom. The molecule has 1 fully saturated rings. The van der Waals surface area contributed by atoms with Crippen molar-refractivity contribution in [1.29, 1.82) is 0 Å². The van der Waals surface area contributed by atoms with E-state index < -0.39 is 11.7 Å². The molecule has 1 saturated heterocycles. The van der Waals surface area contributed by atoms with Gasteiger partial charge in [0.1, 0.15) is 0 Å². The van der Waals surface area contributed by atoms with Gasteiger partial charge in [0.25, 0.3) is 5.91 Å². The summed E-state index contributed by atoms with van der Waals surface area (Å²) in [4.78, 5) is 31.3. The number of para-hydroxylation sites is 1. The van der Waals surface area contributed by atoms with Crippen molar-refractivity contribution in [3.05, 3.63) is 53.9 Å². The van der Waals surface area contributed by atoms with Crippen LogP contribution in [-0.2, 0) is 11.0 Å². The summed E-state index contributed by atoms with van der Waals surface area (Å²) in [5.41, 5.74) is -0.362. The summed E-state index contributed by atoms with van der Waals surface area (Å²) in [7, 11) is 0. The van der Waals surface area contributed by atoms with E-state index in [0.29, 0.717) is 26.2 Å². The number of rotatable bonds is 3. The van der Waals surface area contributed by atoms with Crippen LogP contribution in [0, 0.1) is 0 Å². The largest absolute Gasteiger partial charge is 0.418 e. The number of carbonyl (C=O) groups is 2. The molecule has 1 N–H and O–H groups in total. The van der Waals surface area contributed by atoms with Gasteiger partial charge in [-0.05, 0) is 18.2 Å². The molecule has 1 aliphatic rings. The number of hydrogen-bond acceptors (Lipinski definition) is 4. The lowest BCUT2D eigenvalue weighted by Gasteiger charge is -2.34. The Kier molecular flexibility index (Phi) is 5.53. The van der Waals surface area contributed by atoms with Gasteiger partial charge in [-0.25, -0.2) is 0 Å². The van der Waals surface area contributed by atoms with Gasteiger partial charge < -0.3 is 15.1 Å². The first-order valence-electron chi connectivity index (χ1n) is 8.69. The Hall–Kier alpha value is -3.10. The van der Waals surface area contributed by atoms with Gasteiger partial charge in [0, 0.05) is 39.3 Å². The summed E-state index contributed by atoms with van der Waals surface area (Å²) < 4.78 is 39.4. The molecule has 2 heterocycles. The second-order valence-electron chi connectivity index (χ2n) is 6.43. The normalized spacial score (nSPS) is 14.7. The summed E-state index contributed by atoms with van der Waals surface area (Å²) >= 11 is 0. The predicted octanol–water partition coefficient (Wildman–Crippen LogP) is 3.15. The van der Waals surface area contributed by atoms with Gasteiger partial charge in [-0.3, -0.25) is 14.6 Å². The molecular weight excluding hydrogens is 373 g/mol. The fraction of sp³-hybridized carbons (Fsp3) is 0.316. The molecule has 0 spiro atoms. The molecule has 1 aromatic heterocycles. The zero-order chi connectivity index (χ0) is 20.3. The molecule has 2 aromatic rings. The second kappa shape index (κ2) is 7.87. The molecule has 0 saturated carbocycles. The lowest BCUT2D eigenvalue weighted by molar-refractivity contribution is -0.137. The highest BCUT2D eigenvalue weighted by molar-refractivity contribution is 5.95. The minimum atomic E-state index is -4.50. The monoisotopic (exact) mass is 392 g/mol. The van der Waals surface area contributed by atoms with E-state index >= 15 is 0 Å². The molecule has 0 radical (unpaired) electrons. The van der Waals surface area contributed by atoms with Crippen molar-refractivity contribution in [2.75, 3.05) is 31.5 Å². The molecular formula is C19H19F3N4O2. The summed E-state index contributed by atoms with van der Waals surface area (Å²) in [5.74, 6) is -0.313. The Bertz CT molecular complexity index is 877. The number of aromatic nitrogens is 1. The number of carbonyl (C=O) groups excluding carboxylic acids is 2. The van der Waals surface area contributed by atoms with Crippen molar-refractivity contribution in [2.45, 2.75) is 13.1 Å². The van der Waals surface area contributed by atoms with Crippen LogP contribution in [0.2, 0.25) is 0 Å². The van der Waals surface area contributed by atoms with Crippen LogP contribution in [0.1, 0.15) is 22.8 Å². The number of nitrogens with one attached hydrogen (secondary N) is 1. The zero-order valence-corrected chi connectivity index (χ0v) is 15.2. The third-order valence-corrected chi connectivity index (χ3v) is 4.51. The molecule has 3 rings (SSSR count). The molecule has 0 atom stereocenters. The maximum Gasteiger partial charge on any atom is 0.418 e. The summed E-state index contributed by atoms with van der Waals surface area (Å²) in [6.45, 7) is 3.17. The fourth-order valence-electron chi connectivity index (χ4n) is 3.03. The van der Waals surface area contributed by atoms with E-state index in [9.17, 15) is 22.8 Å². The fourth-order valence-corrected chi connectivity index (χ4v) is 3.03.